The lowest BCUT2D eigenvalue weighted by Crippen LogP contribution is -2.12. The lowest BCUT2D eigenvalue weighted by atomic mass is 10.1. The maximum atomic E-state index is 13.3. The molecule has 0 aliphatic heterocycles. The summed E-state index contributed by atoms with van der Waals surface area (Å²) >= 11 is 0. The van der Waals surface area contributed by atoms with Crippen molar-refractivity contribution in [2.45, 2.75) is 6.42 Å². The predicted molar refractivity (Wildman–Crippen MR) is 59.3 cm³/mol. The van der Waals surface area contributed by atoms with Crippen LogP contribution in [0.3, 0.4) is 0 Å². The summed E-state index contributed by atoms with van der Waals surface area (Å²) in [6.07, 6.45) is -0.167. The highest BCUT2D eigenvalue weighted by Gasteiger charge is 2.13. The Bertz CT molecular complexity index is 632. The van der Waals surface area contributed by atoms with Gasteiger partial charge in [0.2, 0.25) is 0 Å². The third kappa shape index (κ3) is 2.65. The number of aromatic nitrogens is 2. The summed E-state index contributed by atoms with van der Waals surface area (Å²) in [6.45, 7) is 0. The third-order valence-electron chi connectivity index (χ3n) is 2.31. The Morgan fingerprint density at radius 1 is 1.22 bits per heavy atom. The van der Waals surface area contributed by atoms with E-state index in [0.717, 1.165) is 12.1 Å². The molecule has 0 saturated heterocycles. The minimum atomic E-state index is -0.913. The fourth-order valence-electron chi connectivity index (χ4n) is 1.45. The second-order valence-electron chi connectivity index (χ2n) is 3.64. The van der Waals surface area contributed by atoms with Crippen LogP contribution < -0.4 is 5.56 Å². The molecule has 0 atom stereocenters. The number of halogens is 2. The summed E-state index contributed by atoms with van der Waals surface area (Å²) in [5.74, 6) is -2.19. The van der Waals surface area contributed by atoms with E-state index in [2.05, 4.69) is 10.2 Å². The van der Waals surface area contributed by atoms with E-state index >= 15 is 0 Å². The Kier molecular flexibility index (Phi) is 3.27. The van der Waals surface area contributed by atoms with Gasteiger partial charge in [0, 0.05) is 12.1 Å². The number of H-pyrrole nitrogens is 1. The summed E-state index contributed by atoms with van der Waals surface area (Å²) in [4.78, 5) is 22.5. The molecule has 0 amide bonds. The molecule has 1 aromatic carbocycles. The first-order valence-electron chi connectivity index (χ1n) is 5.09. The maximum Gasteiger partial charge on any atom is 0.264 e. The number of ketones is 1. The maximum absolute atomic E-state index is 13.3. The molecule has 6 heteroatoms. The van der Waals surface area contributed by atoms with Gasteiger partial charge in [-0.1, -0.05) is 0 Å². The number of aromatic amines is 1. The molecule has 1 aromatic heterocycles. The molecule has 0 aliphatic carbocycles. The van der Waals surface area contributed by atoms with Gasteiger partial charge in [-0.3, -0.25) is 9.59 Å². The van der Waals surface area contributed by atoms with Crippen molar-refractivity contribution in [3.05, 3.63) is 63.6 Å². The van der Waals surface area contributed by atoms with Crippen molar-refractivity contribution in [2.24, 2.45) is 0 Å². The van der Waals surface area contributed by atoms with Gasteiger partial charge in [-0.15, -0.1) is 0 Å². The quantitative estimate of drug-likeness (QED) is 0.839. The third-order valence-corrected chi connectivity index (χ3v) is 2.31. The van der Waals surface area contributed by atoms with Crippen molar-refractivity contribution in [1.29, 1.82) is 0 Å². The highest BCUT2D eigenvalue weighted by atomic mass is 19.1. The number of hydrogen-bond acceptors (Lipinski definition) is 3. The van der Waals surface area contributed by atoms with Crippen molar-refractivity contribution in [1.82, 2.24) is 10.2 Å². The van der Waals surface area contributed by atoms with Crippen LogP contribution in [0, 0.1) is 11.6 Å². The zero-order valence-electron chi connectivity index (χ0n) is 9.11. The zero-order chi connectivity index (χ0) is 13.1. The minimum absolute atomic E-state index is 0.167. The molecule has 2 aromatic rings. The molecule has 92 valence electrons. The van der Waals surface area contributed by atoms with Crippen molar-refractivity contribution >= 4 is 5.78 Å². The smallest absolute Gasteiger partial charge is 0.264 e. The van der Waals surface area contributed by atoms with Gasteiger partial charge >= 0.3 is 0 Å². The van der Waals surface area contributed by atoms with Gasteiger partial charge in [0.05, 0.1) is 17.7 Å². The van der Waals surface area contributed by atoms with E-state index in [4.69, 9.17) is 0 Å². The van der Waals surface area contributed by atoms with Gasteiger partial charge in [-0.25, -0.2) is 13.9 Å². The molecular formula is C12H8F2N2O2. The normalized spacial score (nSPS) is 10.3. The van der Waals surface area contributed by atoms with E-state index in [0.29, 0.717) is 11.8 Å². The average molecular weight is 250 g/mol. The molecule has 0 bridgehead atoms. The Morgan fingerprint density at radius 3 is 2.61 bits per heavy atom. The van der Waals surface area contributed by atoms with E-state index in [1.54, 1.807) is 0 Å². The fraction of sp³-hybridized carbons (Fsp3) is 0.0833. The Balaban J connectivity index is 2.22. The standard InChI is InChI=1S/C12H8F2N2O2/c13-7-1-3-9(10(14)5-7)11(17)6-8-2-4-12(18)16-15-8/h1-5H,6H2,(H,16,18). The van der Waals surface area contributed by atoms with E-state index in [-0.39, 0.29) is 17.5 Å². The summed E-state index contributed by atoms with van der Waals surface area (Å²) in [7, 11) is 0. The van der Waals surface area contributed by atoms with Crippen molar-refractivity contribution in [3.63, 3.8) is 0 Å². The van der Waals surface area contributed by atoms with Crippen LogP contribution in [0.25, 0.3) is 0 Å². The SMILES string of the molecule is O=C(Cc1ccc(=O)[nH]n1)c1ccc(F)cc1F. The first-order valence-corrected chi connectivity index (χ1v) is 5.09. The van der Waals surface area contributed by atoms with Gasteiger partial charge in [-0.2, -0.15) is 5.10 Å². The van der Waals surface area contributed by atoms with Crippen LogP contribution >= 0.6 is 0 Å². The summed E-state index contributed by atoms with van der Waals surface area (Å²) in [6, 6.07) is 5.33. The number of hydrogen-bond donors (Lipinski definition) is 1. The molecule has 1 N–H and O–H groups in total. The molecular weight excluding hydrogens is 242 g/mol. The van der Waals surface area contributed by atoms with Crippen LogP contribution in [0.4, 0.5) is 8.78 Å². The van der Waals surface area contributed by atoms with Crippen LogP contribution in [-0.4, -0.2) is 16.0 Å². The highest BCUT2D eigenvalue weighted by molar-refractivity contribution is 5.97. The molecule has 2 rings (SSSR count). The van der Waals surface area contributed by atoms with Gasteiger partial charge in [0.15, 0.2) is 5.78 Å². The Morgan fingerprint density at radius 2 is 2.00 bits per heavy atom. The lowest BCUT2D eigenvalue weighted by Gasteiger charge is -2.02. The van der Waals surface area contributed by atoms with Crippen molar-refractivity contribution in [2.75, 3.05) is 0 Å². The lowest BCUT2D eigenvalue weighted by molar-refractivity contribution is 0.0987. The molecule has 0 spiro atoms. The van der Waals surface area contributed by atoms with E-state index in [1.165, 1.54) is 12.1 Å². The number of Topliss-reactive ketones (excluding diaryl/α,β-unsaturated/α-hetero) is 1. The number of carbonyl (C=O) groups excluding carboxylic acids is 1. The van der Waals surface area contributed by atoms with Crippen molar-refractivity contribution < 1.29 is 13.6 Å². The zero-order valence-corrected chi connectivity index (χ0v) is 9.11. The first-order chi connectivity index (χ1) is 8.56. The summed E-state index contributed by atoms with van der Waals surface area (Å²) < 4.78 is 26.0. The number of nitrogens with zero attached hydrogens (tertiary/aromatic N) is 1. The fourth-order valence-corrected chi connectivity index (χ4v) is 1.45. The number of carbonyl (C=O) groups is 1. The molecule has 0 fully saturated rings. The van der Waals surface area contributed by atoms with Crippen LogP contribution in [0.2, 0.25) is 0 Å². The number of nitrogens with one attached hydrogen (secondary N) is 1. The average Bonchev–Trinajstić information content (AvgIpc) is 2.32. The minimum Gasteiger partial charge on any atom is -0.294 e. The van der Waals surface area contributed by atoms with E-state index in [1.807, 2.05) is 0 Å². The molecule has 4 nitrogen and oxygen atoms in total. The van der Waals surface area contributed by atoms with Crippen LogP contribution in [0.15, 0.2) is 35.1 Å². The van der Waals surface area contributed by atoms with Crippen LogP contribution in [-0.2, 0) is 6.42 Å². The first kappa shape index (κ1) is 12.1. The summed E-state index contributed by atoms with van der Waals surface area (Å²) in [5, 5.41) is 5.81. The molecule has 0 saturated carbocycles. The van der Waals surface area contributed by atoms with Crippen molar-refractivity contribution in [3.8, 4) is 0 Å². The monoisotopic (exact) mass is 250 g/mol. The van der Waals surface area contributed by atoms with Gasteiger partial charge in [0.25, 0.3) is 5.56 Å². The molecule has 0 aliphatic rings. The van der Waals surface area contributed by atoms with Gasteiger partial charge in [-0.05, 0) is 18.2 Å². The Labute approximate surface area is 100 Å². The van der Waals surface area contributed by atoms with Crippen LogP contribution in [0.1, 0.15) is 16.1 Å². The second-order valence-corrected chi connectivity index (χ2v) is 3.64. The molecule has 0 radical (unpaired) electrons. The van der Waals surface area contributed by atoms with Gasteiger partial charge < -0.3 is 0 Å². The van der Waals surface area contributed by atoms with Crippen LogP contribution in [0.5, 0.6) is 0 Å². The number of rotatable bonds is 3. The predicted octanol–water partition coefficient (Wildman–Crippen LogP) is 1.47. The topological polar surface area (TPSA) is 62.8 Å². The largest absolute Gasteiger partial charge is 0.294 e. The van der Waals surface area contributed by atoms with E-state index in [9.17, 15) is 18.4 Å². The molecule has 1 heterocycles. The molecule has 18 heavy (non-hydrogen) atoms. The van der Waals surface area contributed by atoms with Gasteiger partial charge in [0.1, 0.15) is 11.6 Å². The Hall–Kier alpha value is -2.37. The molecule has 0 unspecified atom stereocenters. The summed E-state index contributed by atoms with van der Waals surface area (Å²) in [5.41, 5.74) is -0.285. The number of benzene rings is 1. The second kappa shape index (κ2) is 4.87. The van der Waals surface area contributed by atoms with E-state index < -0.39 is 17.4 Å². The highest BCUT2D eigenvalue weighted by Crippen LogP contribution is 2.12.